The number of benzene rings is 1. The maximum Gasteiger partial charge on any atom is 0.0585 e. The maximum absolute atomic E-state index is 8.97. The Labute approximate surface area is 99.4 Å². The third-order valence-corrected chi connectivity index (χ3v) is 2.99. The molecule has 1 heterocycles. The van der Waals surface area contributed by atoms with Gasteiger partial charge in [-0.1, -0.05) is 17.7 Å². The Kier molecular flexibility index (Phi) is 3.19. The number of aliphatic hydroxyl groups excluding tert-OH is 1. The molecule has 1 unspecified atom stereocenters. The second kappa shape index (κ2) is 4.45. The molecular formula is C12H15ClN2O. The second-order valence-electron chi connectivity index (χ2n) is 4.07. The molecule has 16 heavy (non-hydrogen) atoms. The number of fused-ring (bicyclic) bond motifs is 1. The molecule has 0 aliphatic heterocycles. The van der Waals surface area contributed by atoms with Gasteiger partial charge in [0.1, 0.15) is 0 Å². The molecule has 2 rings (SSSR count). The average molecular weight is 239 g/mol. The highest BCUT2D eigenvalue weighted by molar-refractivity contribution is 6.31. The summed E-state index contributed by atoms with van der Waals surface area (Å²) in [7, 11) is 1.98. The number of hydrogen-bond donors (Lipinski definition) is 2. The van der Waals surface area contributed by atoms with Crippen molar-refractivity contribution in [3.05, 3.63) is 35.0 Å². The first-order chi connectivity index (χ1) is 7.61. The smallest absolute Gasteiger partial charge is 0.0585 e. The van der Waals surface area contributed by atoms with E-state index in [0.29, 0.717) is 6.42 Å². The van der Waals surface area contributed by atoms with Gasteiger partial charge < -0.3 is 15.4 Å². The summed E-state index contributed by atoms with van der Waals surface area (Å²) in [6.07, 6.45) is 2.71. The largest absolute Gasteiger partial charge is 0.395 e. The van der Waals surface area contributed by atoms with Crippen molar-refractivity contribution < 1.29 is 5.11 Å². The number of hydrogen-bond acceptors (Lipinski definition) is 2. The van der Waals surface area contributed by atoms with Gasteiger partial charge in [-0.15, -0.1) is 0 Å². The molecule has 0 spiro atoms. The van der Waals surface area contributed by atoms with Gasteiger partial charge in [-0.05, 0) is 24.1 Å². The molecule has 0 aliphatic carbocycles. The minimum absolute atomic E-state index is 0.00395. The number of rotatable bonds is 3. The van der Waals surface area contributed by atoms with E-state index in [-0.39, 0.29) is 12.6 Å². The summed E-state index contributed by atoms with van der Waals surface area (Å²) < 4.78 is 2.03. The van der Waals surface area contributed by atoms with E-state index in [0.717, 1.165) is 21.5 Å². The molecule has 86 valence electrons. The minimum atomic E-state index is -0.207. The Hall–Kier alpha value is -1.03. The monoisotopic (exact) mass is 238 g/mol. The van der Waals surface area contributed by atoms with Crippen LogP contribution in [0.2, 0.25) is 5.02 Å². The summed E-state index contributed by atoms with van der Waals surface area (Å²) >= 11 is 5.95. The fourth-order valence-electron chi connectivity index (χ4n) is 1.95. The molecule has 0 aliphatic rings. The number of halogens is 1. The van der Waals surface area contributed by atoms with Gasteiger partial charge in [0, 0.05) is 35.2 Å². The number of nitrogens with zero attached hydrogens (tertiary/aromatic N) is 1. The predicted octanol–water partition coefficient (Wildman–Crippen LogP) is 1.69. The van der Waals surface area contributed by atoms with Crippen LogP contribution in [-0.4, -0.2) is 22.3 Å². The maximum atomic E-state index is 8.97. The number of aromatic nitrogens is 1. The number of nitrogens with two attached hydrogens (primary N) is 1. The lowest BCUT2D eigenvalue weighted by Gasteiger charge is -2.06. The molecule has 3 N–H and O–H groups in total. The van der Waals surface area contributed by atoms with Crippen molar-refractivity contribution in [2.75, 3.05) is 6.61 Å². The zero-order valence-corrected chi connectivity index (χ0v) is 9.91. The first kappa shape index (κ1) is 11.5. The molecule has 2 aromatic rings. The molecule has 1 aromatic carbocycles. The molecule has 0 amide bonds. The lowest BCUT2D eigenvalue weighted by atomic mass is 10.1. The first-order valence-electron chi connectivity index (χ1n) is 5.21. The molecule has 1 aromatic heterocycles. The van der Waals surface area contributed by atoms with Crippen LogP contribution in [0, 0.1) is 0 Å². The van der Waals surface area contributed by atoms with Crippen LogP contribution in [0.5, 0.6) is 0 Å². The Bertz CT molecular complexity index is 507. The van der Waals surface area contributed by atoms with Crippen molar-refractivity contribution in [2.45, 2.75) is 12.5 Å². The van der Waals surface area contributed by atoms with E-state index in [2.05, 4.69) is 0 Å². The summed E-state index contributed by atoms with van der Waals surface area (Å²) in [6.45, 7) is 0.00395. The number of aliphatic hydroxyl groups is 1. The van der Waals surface area contributed by atoms with Crippen molar-refractivity contribution in [1.82, 2.24) is 4.57 Å². The van der Waals surface area contributed by atoms with Crippen molar-refractivity contribution >= 4 is 22.5 Å². The highest BCUT2D eigenvalue weighted by Crippen LogP contribution is 2.24. The van der Waals surface area contributed by atoms with Gasteiger partial charge in [0.05, 0.1) is 6.61 Å². The Morgan fingerprint density at radius 1 is 1.50 bits per heavy atom. The van der Waals surface area contributed by atoms with E-state index >= 15 is 0 Å². The van der Waals surface area contributed by atoms with Gasteiger partial charge in [-0.25, -0.2) is 0 Å². The third-order valence-electron chi connectivity index (χ3n) is 2.75. The molecule has 0 saturated heterocycles. The van der Waals surface area contributed by atoms with Crippen LogP contribution >= 0.6 is 11.6 Å². The van der Waals surface area contributed by atoms with E-state index in [9.17, 15) is 0 Å². The van der Waals surface area contributed by atoms with Gasteiger partial charge >= 0.3 is 0 Å². The summed E-state index contributed by atoms with van der Waals surface area (Å²) in [5.74, 6) is 0. The second-order valence-corrected chi connectivity index (χ2v) is 4.51. The topological polar surface area (TPSA) is 51.2 Å². The van der Waals surface area contributed by atoms with Gasteiger partial charge in [0.15, 0.2) is 0 Å². The zero-order valence-electron chi connectivity index (χ0n) is 9.15. The van der Waals surface area contributed by atoms with Gasteiger partial charge in [-0.3, -0.25) is 0 Å². The van der Waals surface area contributed by atoms with Crippen LogP contribution < -0.4 is 5.73 Å². The lowest BCUT2D eigenvalue weighted by Crippen LogP contribution is -2.26. The molecule has 0 bridgehead atoms. The summed E-state index contributed by atoms with van der Waals surface area (Å²) in [5, 5.41) is 10.8. The molecular weight excluding hydrogens is 224 g/mol. The van der Waals surface area contributed by atoms with Crippen molar-refractivity contribution in [1.29, 1.82) is 0 Å². The predicted molar refractivity (Wildman–Crippen MR) is 66.7 cm³/mol. The van der Waals surface area contributed by atoms with E-state index < -0.39 is 0 Å². The van der Waals surface area contributed by atoms with Crippen molar-refractivity contribution in [2.24, 2.45) is 12.8 Å². The fraction of sp³-hybridized carbons (Fsp3) is 0.333. The molecule has 1 atom stereocenters. The highest BCUT2D eigenvalue weighted by atomic mass is 35.5. The van der Waals surface area contributed by atoms with E-state index in [4.69, 9.17) is 22.4 Å². The standard InChI is InChI=1S/C12H15ClN2O/c1-15-6-8(4-10(14)7-16)11-3-2-9(13)5-12(11)15/h2-3,5-6,10,16H,4,7,14H2,1H3. The quantitative estimate of drug-likeness (QED) is 0.855. The van der Waals surface area contributed by atoms with Gasteiger partial charge in [-0.2, -0.15) is 0 Å². The van der Waals surface area contributed by atoms with Crippen LogP contribution in [0.15, 0.2) is 24.4 Å². The molecule has 0 fully saturated rings. The van der Waals surface area contributed by atoms with Crippen LogP contribution in [0.3, 0.4) is 0 Å². The Balaban J connectivity index is 2.47. The first-order valence-corrected chi connectivity index (χ1v) is 5.59. The number of aryl methyl sites for hydroxylation is 1. The van der Waals surface area contributed by atoms with E-state index in [1.165, 1.54) is 0 Å². The minimum Gasteiger partial charge on any atom is -0.395 e. The Morgan fingerprint density at radius 3 is 2.94 bits per heavy atom. The van der Waals surface area contributed by atoms with Gasteiger partial charge in [0.2, 0.25) is 0 Å². The van der Waals surface area contributed by atoms with Crippen LogP contribution in [0.4, 0.5) is 0 Å². The normalized spacial score (nSPS) is 13.2. The average Bonchev–Trinajstić information content (AvgIpc) is 2.55. The SMILES string of the molecule is Cn1cc(CC(N)CO)c2ccc(Cl)cc21. The summed E-state index contributed by atoms with van der Waals surface area (Å²) in [6, 6.07) is 5.60. The van der Waals surface area contributed by atoms with Crippen molar-refractivity contribution in [3.63, 3.8) is 0 Å². The van der Waals surface area contributed by atoms with Gasteiger partial charge in [0.25, 0.3) is 0 Å². The lowest BCUT2D eigenvalue weighted by molar-refractivity contribution is 0.265. The third kappa shape index (κ3) is 2.07. The van der Waals surface area contributed by atoms with Crippen LogP contribution in [0.25, 0.3) is 10.9 Å². The van der Waals surface area contributed by atoms with Crippen molar-refractivity contribution in [3.8, 4) is 0 Å². The Morgan fingerprint density at radius 2 is 2.25 bits per heavy atom. The van der Waals surface area contributed by atoms with E-state index in [1.54, 1.807) is 0 Å². The zero-order chi connectivity index (χ0) is 11.7. The summed E-state index contributed by atoms with van der Waals surface area (Å²) in [4.78, 5) is 0. The van der Waals surface area contributed by atoms with Crippen LogP contribution in [0.1, 0.15) is 5.56 Å². The molecule has 0 radical (unpaired) electrons. The molecule has 0 saturated carbocycles. The van der Waals surface area contributed by atoms with Crippen LogP contribution in [-0.2, 0) is 13.5 Å². The van der Waals surface area contributed by atoms with E-state index in [1.807, 2.05) is 36.0 Å². The highest BCUT2D eigenvalue weighted by Gasteiger charge is 2.10. The fourth-order valence-corrected chi connectivity index (χ4v) is 2.12. The summed E-state index contributed by atoms with van der Waals surface area (Å²) in [5.41, 5.74) is 7.99. The molecule has 3 nitrogen and oxygen atoms in total. The molecule has 4 heteroatoms.